The normalized spacial score (nSPS) is 17.9. The fourth-order valence-electron chi connectivity index (χ4n) is 3.27. The predicted molar refractivity (Wildman–Crippen MR) is 101 cm³/mol. The molecule has 2 amide bonds. The summed E-state index contributed by atoms with van der Waals surface area (Å²) in [6, 6.07) is 7.79. The van der Waals surface area contributed by atoms with Crippen LogP contribution < -0.4 is 0 Å². The van der Waals surface area contributed by atoms with E-state index in [1.807, 2.05) is 13.8 Å². The number of amides is 2. The first-order valence-corrected chi connectivity index (χ1v) is 9.37. The van der Waals surface area contributed by atoms with Crippen molar-refractivity contribution in [2.45, 2.75) is 26.6 Å². The van der Waals surface area contributed by atoms with Gasteiger partial charge in [-0.1, -0.05) is 26.0 Å². The molecule has 7 heteroatoms. The molecule has 0 N–H and O–H groups in total. The SMILES string of the molecule is CC(C)CN1C[C@@H](OCc2cccc(F)c2)CN(C(=O)c2ccoc2)CC1=O. The molecule has 1 saturated heterocycles. The van der Waals surface area contributed by atoms with Gasteiger partial charge in [0.15, 0.2) is 0 Å². The molecule has 1 aliphatic heterocycles. The number of furan rings is 1. The van der Waals surface area contributed by atoms with Gasteiger partial charge >= 0.3 is 0 Å². The van der Waals surface area contributed by atoms with Crippen LogP contribution in [0, 0.1) is 11.7 Å². The lowest BCUT2D eigenvalue weighted by Gasteiger charge is -2.26. The van der Waals surface area contributed by atoms with E-state index in [0.29, 0.717) is 30.1 Å². The maximum absolute atomic E-state index is 13.4. The summed E-state index contributed by atoms with van der Waals surface area (Å²) in [6.45, 7) is 5.54. The highest BCUT2D eigenvalue weighted by atomic mass is 19.1. The van der Waals surface area contributed by atoms with Crippen LogP contribution in [0.1, 0.15) is 29.8 Å². The number of carbonyl (C=O) groups excluding carboxylic acids is 2. The Labute approximate surface area is 163 Å². The first-order chi connectivity index (χ1) is 13.4. The second kappa shape index (κ2) is 9.01. The van der Waals surface area contributed by atoms with Crippen molar-refractivity contribution in [3.05, 3.63) is 59.8 Å². The Bertz CT molecular complexity index is 806. The highest BCUT2D eigenvalue weighted by Crippen LogP contribution is 2.16. The van der Waals surface area contributed by atoms with Gasteiger partial charge in [-0.05, 0) is 29.7 Å². The molecule has 0 aliphatic carbocycles. The number of rotatable bonds is 6. The monoisotopic (exact) mass is 388 g/mol. The molecule has 2 heterocycles. The fourth-order valence-corrected chi connectivity index (χ4v) is 3.27. The van der Waals surface area contributed by atoms with Gasteiger partial charge in [0, 0.05) is 19.6 Å². The Balaban J connectivity index is 1.75. The third kappa shape index (κ3) is 5.19. The topological polar surface area (TPSA) is 63.0 Å². The first kappa shape index (κ1) is 20.1. The Morgan fingerprint density at radius 2 is 2.14 bits per heavy atom. The van der Waals surface area contributed by atoms with Crippen molar-refractivity contribution >= 4 is 11.8 Å². The lowest BCUT2D eigenvalue weighted by Crippen LogP contribution is -2.40. The minimum atomic E-state index is -0.371. The van der Waals surface area contributed by atoms with E-state index >= 15 is 0 Å². The van der Waals surface area contributed by atoms with Gasteiger partial charge in [0.25, 0.3) is 5.91 Å². The molecule has 1 fully saturated rings. The third-order valence-corrected chi connectivity index (χ3v) is 4.54. The molecular formula is C21H25FN2O4. The van der Waals surface area contributed by atoms with E-state index in [0.717, 1.165) is 0 Å². The number of carbonyl (C=O) groups is 2. The molecule has 150 valence electrons. The van der Waals surface area contributed by atoms with E-state index in [2.05, 4.69) is 0 Å². The third-order valence-electron chi connectivity index (χ3n) is 4.54. The number of hydrogen-bond acceptors (Lipinski definition) is 4. The van der Waals surface area contributed by atoms with Crippen LogP contribution in [0.15, 0.2) is 47.3 Å². The van der Waals surface area contributed by atoms with Gasteiger partial charge < -0.3 is 19.0 Å². The van der Waals surface area contributed by atoms with Crippen LogP contribution in [0.4, 0.5) is 4.39 Å². The van der Waals surface area contributed by atoms with Crippen LogP contribution in [-0.2, 0) is 16.1 Å². The second-order valence-corrected chi connectivity index (χ2v) is 7.45. The summed E-state index contributed by atoms with van der Waals surface area (Å²) in [5, 5.41) is 0. The Hall–Kier alpha value is -2.67. The molecule has 1 aromatic heterocycles. The van der Waals surface area contributed by atoms with Gasteiger partial charge in [0.1, 0.15) is 18.6 Å². The summed E-state index contributed by atoms with van der Waals surface area (Å²) in [5.41, 5.74) is 1.10. The van der Waals surface area contributed by atoms with Crippen molar-refractivity contribution in [1.29, 1.82) is 0 Å². The minimum Gasteiger partial charge on any atom is -0.472 e. The molecule has 3 rings (SSSR count). The van der Waals surface area contributed by atoms with Crippen LogP contribution >= 0.6 is 0 Å². The fraction of sp³-hybridized carbons (Fsp3) is 0.429. The van der Waals surface area contributed by atoms with Crippen molar-refractivity contribution in [3.8, 4) is 0 Å². The number of ether oxygens (including phenoxy) is 1. The highest BCUT2D eigenvalue weighted by molar-refractivity contribution is 5.96. The number of hydrogen-bond donors (Lipinski definition) is 0. The van der Waals surface area contributed by atoms with Gasteiger partial charge in [-0.3, -0.25) is 9.59 Å². The maximum atomic E-state index is 13.4. The molecule has 0 saturated carbocycles. The number of halogens is 1. The molecule has 0 radical (unpaired) electrons. The number of benzene rings is 1. The zero-order chi connectivity index (χ0) is 20.1. The summed E-state index contributed by atoms with van der Waals surface area (Å²) in [6.07, 6.45) is 2.42. The Morgan fingerprint density at radius 1 is 1.32 bits per heavy atom. The summed E-state index contributed by atoms with van der Waals surface area (Å²) in [4.78, 5) is 28.7. The van der Waals surface area contributed by atoms with E-state index in [-0.39, 0.29) is 43.4 Å². The minimum absolute atomic E-state index is 0.00341. The van der Waals surface area contributed by atoms with Gasteiger partial charge in [-0.2, -0.15) is 0 Å². The van der Waals surface area contributed by atoms with Crippen LogP contribution in [0.3, 0.4) is 0 Å². The van der Waals surface area contributed by atoms with Crippen LogP contribution in [0.25, 0.3) is 0 Å². The largest absolute Gasteiger partial charge is 0.472 e. The van der Waals surface area contributed by atoms with Crippen LogP contribution in [0.2, 0.25) is 0 Å². The van der Waals surface area contributed by atoms with Crippen LogP contribution in [-0.4, -0.2) is 53.9 Å². The summed E-state index contributed by atoms with van der Waals surface area (Å²) in [7, 11) is 0. The van der Waals surface area contributed by atoms with Crippen molar-refractivity contribution in [2.24, 2.45) is 5.92 Å². The lowest BCUT2D eigenvalue weighted by atomic mass is 10.2. The van der Waals surface area contributed by atoms with Gasteiger partial charge in [0.2, 0.25) is 5.91 Å². The van der Waals surface area contributed by atoms with Crippen molar-refractivity contribution in [3.63, 3.8) is 0 Å². The van der Waals surface area contributed by atoms with Crippen molar-refractivity contribution in [2.75, 3.05) is 26.2 Å². The van der Waals surface area contributed by atoms with Gasteiger partial charge in [-0.15, -0.1) is 0 Å². The van der Waals surface area contributed by atoms with E-state index in [4.69, 9.17) is 9.15 Å². The first-order valence-electron chi connectivity index (χ1n) is 9.37. The maximum Gasteiger partial charge on any atom is 0.257 e. The van der Waals surface area contributed by atoms with E-state index < -0.39 is 0 Å². The molecule has 6 nitrogen and oxygen atoms in total. The lowest BCUT2D eigenvalue weighted by molar-refractivity contribution is -0.132. The van der Waals surface area contributed by atoms with Gasteiger partial charge in [0.05, 0.1) is 24.5 Å². The summed E-state index contributed by atoms with van der Waals surface area (Å²) in [5.74, 6) is -0.408. The molecule has 0 unspecified atom stereocenters. The number of nitrogens with zero attached hydrogens (tertiary/aromatic N) is 2. The van der Waals surface area contributed by atoms with Crippen molar-refractivity contribution < 1.29 is 23.1 Å². The quantitative estimate of drug-likeness (QED) is 0.763. The zero-order valence-electron chi connectivity index (χ0n) is 16.1. The average Bonchev–Trinajstić information content (AvgIpc) is 3.13. The standard InChI is InChI=1S/C21H25FN2O4/c1-15(2)9-23-10-19(28-13-16-4-3-5-18(22)8-16)11-24(12-20(23)25)21(26)17-6-7-27-14-17/h3-8,14-15,19H,9-13H2,1-2H3/t19-/m1/s1. The highest BCUT2D eigenvalue weighted by Gasteiger charge is 2.31. The zero-order valence-corrected chi connectivity index (χ0v) is 16.1. The van der Waals surface area contributed by atoms with Crippen LogP contribution in [0.5, 0.6) is 0 Å². The molecule has 0 spiro atoms. The molecule has 0 bridgehead atoms. The average molecular weight is 388 g/mol. The summed E-state index contributed by atoms with van der Waals surface area (Å²) < 4.78 is 24.4. The summed E-state index contributed by atoms with van der Waals surface area (Å²) >= 11 is 0. The molecule has 1 atom stereocenters. The van der Waals surface area contributed by atoms with E-state index in [1.165, 1.54) is 29.6 Å². The molecular weight excluding hydrogens is 363 g/mol. The molecule has 1 aliphatic rings. The smallest absolute Gasteiger partial charge is 0.257 e. The molecule has 28 heavy (non-hydrogen) atoms. The Morgan fingerprint density at radius 3 is 2.82 bits per heavy atom. The second-order valence-electron chi connectivity index (χ2n) is 7.45. The van der Waals surface area contributed by atoms with Gasteiger partial charge in [-0.25, -0.2) is 4.39 Å². The predicted octanol–water partition coefficient (Wildman–Crippen LogP) is 2.94. The molecule has 1 aromatic carbocycles. The van der Waals surface area contributed by atoms with E-state index in [9.17, 15) is 14.0 Å². The van der Waals surface area contributed by atoms with Crippen molar-refractivity contribution in [1.82, 2.24) is 9.80 Å². The molecule has 2 aromatic rings. The van der Waals surface area contributed by atoms with E-state index in [1.54, 1.807) is 23.1 Å². The Kier molecular flexibility index (Phi) is 6.46.